The predicted octanol–water partition coefficient (Wildman–Crippen LogP) is 2.39. The summed E-state index contributed by atoms with van der Waals surface area (Å²) in [6.45, 7) is 4.54. The highest BCUT2D eigenvalue weighted by Crippen LogP contribution is 2.26. The Hall–Kier alpha value is -1.36. The molecule has 1 heterocycles. The predicted molar refractivity (Wildman–Crippen MR) is 80.7 cm³/mol. The van der Waals surface area contributed by atoms with Gasteiger partial charge in [-0.2, -0.15) is 5.10 Å². The van der Waals surface area contributed by atoms with Crippen LogP contribution < -0.4 is 5.73 Å². The van der Waals surface area contributed by atoms with Gasteiger partial charge in [-0.1, -0.05) is 41.9 Å². The summed E-state index contributed by atoms with van der Waals surface area (Å²) in [5, 5.41) is 15.8. The number of nitrogens with two attached hydrogens (primary N) is 1. The van der Waals surface area contributed by atoms with Crippen LogP contribution in [0.3, 0.4) is 0 Å². The van der Waals surface area contributed by atoms with Gasteiger partial charge >= 0.3 is 0 Å². The molecule has 0 saturated carbocycles. The van der Waals surface area contributed by atoms with Gasteiger partial charge in [-0.25, -0.2) is 0 Å². The Morgan fingerprint density at radius 3 is 2.45 bits per heavy atom. The molecule has 1 aromatic heterocycles. The summed E-state index contributed by atoms with van der Waals surface area (Å²) in [5.41, 5.74) is 7.28. The summed E-state index contributed by atoms with van der Waals surface area (Å²) in [6, 6.07) is 9.50. The van der Waals surface area contributed by atoms with Gasteiger partial charge in [0.05, 0.1) is 16.4 Å². The van der Waals surface area contributed by atoms with Crippen LogP contribution in [0.25, 0.3) is 0 Å². The quantitative estimate of drug-likeness (QED) is 0.890. The number of aromatic nitrogens is 2. The molecule has 0 amide bonds. The molecule has 2 aromatic rings. The van der Waals surface area contributed by atoms with Gasteiger partial charge in [-0.15, -0.1) is 0 Å². The molecule has 0 spiro atoms. The van der Waals surface area contributed by atoms with Gasteiger partial charge in [-0.3, -0.25) is 4.68 Å². The van der Waals surface area contributed by atoms with Gasteiger partial charge in [0.15, 0.2) is 0 Å². The van der Waals surface area contributed by atoms with E-state index in [0.717, 1.165) is 17.0 Å². The third kappa shape index (κ3) is 2.87. The van der Waals surface area contributed by atoms with Crippen LogP contribution in [0.1, 0.15) is 23.4 Å². The van der Waals surface area contributed by atoms with E-state index in [4.69, 9.17) is 17.3 Å². The van der Waals surface area contributed by atoms with Gasteiger partial charge in [0.2, 0.25) is 0 Å². The number of nitrogens with zero attached hydrogens (tertiary/aromatic N) is 2. The van der Waals surface area contributed by atoms with Crippen LogP contribution in [0.4, 0.5) is 0 Å². The smallest absolute Gasteiger partial charge is 0.104 e. The average Bonchev–Trinajstić information content (AvgIpc) is 2.73. The van der Waals surface area contributed by atoms with E-state index < -0.39 is 5.60 Å². The van der Waals surface area contributed by atoms with E-state index in [1.165, 1.54) is 0 Å². The first kappa shape index (κ1) is 15.0. The molecule has 5 heteroatoms. The van der Waals surface area contributed by atoms with Gasteiger partial charge in [0.25, 0.3) is 0 Å². The molecule has 4 nitrogen and oxygen atoms in total. The third-order valence-corrected chi connectivity index (χ3v) is 4.23. The first-order valence-corrected chi connectivity index (χ1v) is 7.03. The average molecular weight is 294 g/mol. The van der Waals surface area contributed by atoms with Crippen molar-refractivity contribution in [3.63, 3.8) is 0 Å². The lowest BCUT2D eigenvalue weighted by Crippen LogP contribution is -2.36. The summed E-state index contributed by atoms with van der Waals surface area (Å²) in [7, 11) is 0. The second-order valence-electron chi connectivity index (χ2n) is 5.06. The standard InChI is InChI=1S/C15H20ClN3O/c1-11-14(16)12(2)19(18-11)9-8-15(20,10-17)13-6-4-3-5-7-13/h3-7,20H,8-10,17H2,1-2H3. The molecule has 2 rings (SSSR count). The second kappa shape index (κ2) is 5.95. The molecule has 0 saturated heterocycles. The molecule has 0 bridgehead atoms. The lowest BCUT2D eigenvalue weighted by atomic mass is 9.90. The lowest BCUT2D eigenvalue weighted by Gasteiger charge is -2.27. The maximum absolute atomic E-state index is 10.7. The van der Waals surface area contributed by atoms with E-state index in [1.54, 1.807) is 0 Å². The SMILES string of the molecule is Cc1nn(CCC(O)(CN)c2ccccc2)c(C)c1Cl. The van der Waals surface area contributed by atoms with Crippen LogP contribution in [0.5, 0.6) is 0 Å². The number of aliphatic hydroxyl groups is 1. The Labute approximate surface area is 124 Å². The van der Waals surface area contributed by atoms with Crippen molar-refractivity contribution in [2.75, 3.05) is 6.54 Å². The summed E-state index contributed by atoms with van der Waals surface area (Å²) >= 11 is 6.13. The Morgan fingerprint density at radius 2 is 1.95 bits per heavy atom. The molecule has 0 fully saturated rings. The summed E-state index contributed by atoms with van der Waals surface area (Å²) in [4.78, 5) is 0. The Balaban J connectivity index is 2.17. The molecule has 108 valence electrons. The highest BCUT2D eigenvalue weighted by atomic mass is 35.5. The van der Waals surface area contributed by atoms with E-state index in [0.29, 0.717) is 18.0 Å². The van der Waals surface area contributed by atoms with E-state index >= 15 is 0 Å². The highest BCUT2D eigenvalue weighted by Gasteiger charge is 2.27. The van der Waals surface area contributed by atoms with Crippen LogP contribution in [0, 0.1) is 13.8 Å². The van der Waals surface area contributed by atoms with Crippen molar-refractivity contribution in [2.24, 2.45) is 5.73 Å². The molecule has 0 radical (unpaired) electrons. The number of benzene rings is 1. The van der Waals surface area contributed by atoms with E-state index in [9.17, 15) is 5.11 Å². The Bertz CT molecular complexity index is 582. The number of aryl methyl sites for hydroxylation is 2. The molecule has 3 N–H and O–H groups in total. The first-order valence-electron chi connectivity index (χ1n) is 6.65. The van der Waals surface area contributed by atoms with Crippen molar-refractivity contribution in [3.05, 3.63) is 52.3 Å². The van der Waals surface area contributed by atoms with Gasteiger partial charge < -0.3 is 10.8 Å². The zero-order chi connectivity index (χ0) is 14.8. The fourth-order valence-electron chi connectivity index (χ4n) is 2.30. The Morgan fingerprint density at radius 1 is 1.30 bits per heavy atom. The fraction of sp³-hybridized carbons (Fsp3) is 0.400. The minimum atomic E-state index is -1.04. The van der Waals surface area contributed by atoms with Crippen LogP contribution in [0.2, 0.25) is 5.02 Å². The van der Waals surface area contributed by atoms with E-state index in [2.05, 4.69) is 5.10 Å². The van der Waals surface area contributed by atoms with Crippen molar-refractivity contribution in [1.29, 1.82) is 0 Å². The maximum atomic E-state index is 10.7. The number of halogens is 1. The molecule has 1 aromatic carbocycles. The highest BCUT2D eigenvalue weighted by molar-refractivity contribution is 6.31. The van der Waals surface area contributed by atoms with Crippen molar-refractivity contribution in [2.45, 2.75) is 32.4 Å². The number of hydrogen-bond donors (Lipinski definition) is 2. The molecule has 0 aliphatic heterocycles. The minimum absolute atomic E-state index is 0.171. The molecule has 1 atom stereocenters. The van der Waals surface area contributed by atoms with Crippen LogP contribution in [0.15, 0.2) is 30.3 Å². The lowest BCUT2D eigenvalue weighted by molar-refractivity contribution is 0.0311. The second-order valence-corrected chi connectivity index (χ2v) is 5.44. The monoisotopic (exact) mass is 293 g/mol. The topological polar surface area (TPSA) is 64.1 Å². The zero-order valence-electron chi connectivity index (χ0n) is 11.8. The molecular formula is C15H20ClN3O. The van der Waals surface area contributed by atoms with Crippen molar-refractivity contribution in [3.8, 4) is 0 Å². The van der Waals surface area contributed by atoms with Crippen molar-refractivity contribution < 1.29 is 5.11 Å². The molecular weight excluding hydrogens is 274 g/mol. The van der Waals surface area contributed by atoms with Gasteiger partial charge in [0.1, 0.15) is 5.60 Å². The maximum Gasteiger partial charge on any atom is 0.104 e. The number of hydrogen-bond acceptors (Lipinski definition) is 3. The van der Waals surface area contributed by atoms with Crippen molar-refractivity contribution >= 4 is 11.6 Å². The summed E-state index contributed by atoms with van der Waals surface area (Å²) < 4.78 is 1.82. The Kier molecular flexibility index (Phi) is 4.48. The van der Waals surface area contributed by atoms with Crippen LogP contribution >= 0.6 is 11.6 Å². The molecule has 0 aliphatic carbocycles. The number of rotatable bonds is 5. The summed E-state index contributed by atoms with van der Waals surface area (Å²) in [6.07, 6.45) is 0.492. The molecule has 0 aliphatic rings. The van der Waals surface area contributed by atoms with Gasteiger partial charge in [-0.05, 0) is 19.4 Å². The zero-order valence-corrected chi connectivity index (χ0v) is 12.6. The minimum Gasteiger partial charge on any atom is -0.384 e. The van der Waals surface area contributed by atoms with Crippen LogP contribution in [-0.4, -0.2) is 21.4 Å². The molecule has 1 unspecified atom stereocenters. The van der Waals surface area contributed by atoms with Gasteiger partial charge in [0, 0.05) is 19.5 Å². The summed E-state index contributed by atoms with van der Waals surface area (Å²) in [5.74, 6) is 0. The largest absolute Gasteiger partial charge is 0.384 e. The first-order chi connectivity index (χ1) is 9.48. The van der Waals surface area contributed by atoms with E-state index in [1.807, 2.05) is 48.9 Å². The molecule has 20 heavy (non-hydrogen) atoms. The third-order valence-electron chi connectivity index (χ3n) is 3.68. The van der Waals surface area contributed by atoms with Crippen LogP contribution in [-0.2, 0) is 12.1 Å². The fourth-order valence-corrected chi connectivity index (χ4v) is 2.43. The van der Waals surface area contributed by atoms with E-state index in [-0.39, 0.29) is 6.54 Å². The van der Waals surface area contributed by atoms with Crippen molar-refractivity contribution in [1.82, 2.24) is 9.78 Å². The normalized spacial score (nSPS) is 14.2.